The van der Waals surface area contributed by atoms with Gasteiger partial charge in [0, 0.05) is 6.04 Å². The van der Waals surface area contributed by atoms with Crippen LogP contribution in [0.1, 0.15) is 37.1 Å². The molecule has 0 spiro atoms. The summed E-state index contributed by atoms with van der Waals surface area (Å²) in [6.07, 6.45) is 4.86. The van der Waals surface area contributed by atoms with Gasteiger partial charge < -0.3 is 10.4 Å². The summed E-state index contributed by atoms with van der Waals surface area (Å²) in [4.78, 5) is 11.2. The number of nitrogens with one attached hydrogen (secondary N) is 1. The normalized spacial score (nSPS) is 25.2. The van der Waals surface area contributed by atoms with E-state index in [0.717, 1.165) is 42.2 Å². The standard InChI is InChI=1S/C11H17N3O2S/c1-7-13-14-11(17-7)12-9-6-4-2-3-5-8(9)10(15)16/h8-9H,2-6H2,1H3,(H,12,14)(H,15,16). The Balaban J connectivity index is 2.07. The van der Waals surface area contributed by atoms with Crippen LogP contribution in [0.4, 0.5) is 5.13 Å². The highest BCUT2D eigenvalue weighted by molar-refractivity contribution is 7.15. The van der Waals surface area contributed by atoms with Crippen LogP contribution >= 0.6 is 11.3 Å². The third kappa shape index (κ3) is 3.15. The Kier molecular flexibility index (Phi) is 3.93. The molecule has 2 atom stereocenters. The second-order valence-electron chi connectivity index (χ2n) is 4.46. The molecule has 2 rings (SSSR count). The molecule has 2 unspecified atom stereocenters. The van der Waals surface area contributed by atoms with Crippen LogP contribution in [0.5, 0.6) is 0 Å². The van der Waals surface area contributed by atoms with Crippen LogP contribution in [0.2, 0.25) is 0 Å². The largest absolute Gasteiger partial charge is 0.481 e. The minimum absolute atomic E-state index is 0.0117. The molecule has 0 aliphatic heterocycles. The van der Waals surface area contributed by atoms with E-state index in [4.69, 9.17) is 0 Å². The van der Waals surface area contributed by atoms with Crippen LogP contribution in [0.25, 0.3) is 0 Å². The average molecular weight is 255 g/mol. The Hall–Kier alpha value is -1.17. The Labute approximate surface area is 104 Å². The van der Waals surface area contributed by atoms with Crippen LogP contribution in [-0.4, -0.2) is 27.3 Å². The molecular formula is C11H17N3O2S. The molecule has 17 heavy (non-hydrogen) atoms. The summed E-state index contributed by atoms with van der Waals surface area (Å²) in [5, 5.41) is 22.0. The first kappa shape index (κ1) is 12.3. The average Bonchev–Trinajstić information content (AvgIpc) is 2.55. The number of anilines is 1. The van der Waals surface area contributed by atoms with E-state index in [2.05, 4.69) is 15.5 Å². The molecule has 1 aromatic heterocycles. The molecule has 0 bridgehead atoms. The van der Waals surface area contributed by atoms with Gasteiger partial charge in [-0.1, -0.05) is 30.6 Å². The molecule has 1 heterocycles. The number of hydrogen-bond donors (Lipinski definition) is 2. The summed E-state index contributed by atoms with van der Waals surface area (Å²) in [6, 6.07) is -0.0117. The van der Waals surface area contributed by atoms with Gasteiger partial charge in [-0.2, -0.15) is 0 Å². The van der Waals surface area contributed by atoms with Gasteiger partial charge in [-0.25, -0.2) is 0 Å². The lowest BCUT2D eigenvalue weighted by molar-refractivity contribution is -0.142. The monoisotopic (exact) mass is 255 g/mol. The summed E-state index contributed by atoms with van der Waals surface area (Å²) in [6.45, 7) is 1.89. The molecule has 1 aromatic rings. The van der Waals surface area contributed by atoms with Gasteiger partial charge in [-0.3, -0.25) is 4.79 Å². The predicted octanol–water partition coefficient (Wildman–Crippen LogP) is 2.29. The fraction of sp³-hybridized carbons (Fsp3) is 0.727. The molecule has 0 saturated heterocycles. The van der Waals surface area contributed by atoms with Crippen LogP contribution in [0, 0.1) is 12.8 Å². The number of aliphatic carboxylic acids is 1. The maximum absolute atomic E-state index is 11.2. The summed E-state index contributed by atoms with van der Waals surface area (Å²) in [5.41, 5.74) is 0. The van der Waals surface area contributed by atoms with Gasteiger partial charge in [0.25, 0.3) is 0 Å². The number of hydrogen-bond acceptors (Lipinski definition) is 5. The van der Waals surface area contributed by atoms with E-state index < -0.39 is 5.97 Å². The Morgan fingerprint density at radius 3 is 2.76 bits per heavy atom. The molecule has 0 amide bonds. The number of aromatic nitrogens is 2. The molecule has 5 nitrogen and oxygen atoms in total. The molecule has 0 aromatic carbocycles. The first-order valence-corrected chi connectivity index (χ1v) is 6.78. The van der Waals surface area contributed by atoms with E-state index in [-0.39, 0.29) is 12.0 Å². The second-order valence-corrected chi connectivity index (χ2v) is 5.64. The zero-order chi connectivity index (χ0) is 12.3. The fourth-order valence-corrected chi connectivity index (χ4v) is 2.94. The van der Waals surface area contributed by atoms with E-state index >= 15 is 0 Å². The lowest BCUT2D eigenvalue weighted by Crippen LogP contribution is -2.33. The van der Waals surface area contributed by atoms with Crippen molar-refractivity contribution in [2.45, 2.75) is 45.1 Å². The zero-order valence-electron chi connectivity index (χ0n) is 9.85. The Bertz CT molecular complexity index is 394. The fourth-order valence-electron chi connectivity index (χ4n) is 2.29. The van der Waals surface area contributed by atoms with E-state index in [1.54, 1.807) is 0 Å². The van der Waals surface area contributed by atoms with Crippen LogP contribution < -0.4 is 5.32 Å². The van der Waals surface area contributed by atoms with Gasteiger partial charge in [-0.15, -0.1) is 10.2 Å². The number of nitrogens with zero attached hydrogens (tertiary/aromatic N) is 2. The minimum atomic E-state index is -0.703. The van der Waals surface area contributed by atoms with Crippen molar-refractivity contribution in [2.24, 2.45) is 5.92 Å². The molecule has 0 radical (unpaired) electrons. The summed E-state index contributed by atoms with van der Waals surface area (Å²) < 4.78 is 0. The van der Waals surface area contributed by atoms with Gasteiger partial charge in [0.1, 0.15) is 5.01 Å². The van der Waals surface area contributed by atoms with Crippen molar-refractivity contribution in [1.29, 1.82) is 0 Å². The SMILES string of the molecule is Cc1nnc(NC2CCCCCC2C(=O)O)s1. The van der Waals surface area contributed by atoms with Crippen LogP contribution in [0.15, 0.2) is 0 Å². The van der Waals surface area contributed by atoms with Crippen molar-refractivity contribution in [1.82, 2.24) is 10.2 Å². The van der Waals surface area contributed by atoms with Gasteiger partial charge in [-0.05, 0) is 19.8 Å². The van der Waals surface area contributed by atoms with Gasteiger partial charge >= 0.3 is 5.97 Å². The molecule has 1 saturated carbocycles. The lowest BCUT2D eigenvalue weighted by Gasteiger charge is -2.22. The number of rotatable bonds is 3. The number of aryl methyl sites for hydroxylation is 1. The maximum Gasteiger partial charge on any atom is 0.308 e. The summed E-state index contributed by atoms with van der Waals surface area (Å²) in [5.74, 6) is -1.01. The maximum atomic E-state index is 11.2. The zero-order valence-corrected chi connectivity index (χ0v) is 10.7. The molecule has 94 valence electrons. The van der Waals surface area contributed by atoms with Crippen LogP contribution in [0.3, 0.4) is 0 Å². The third-order valence-corrected chi connectivity index (χ3v) is 3.94. The topological polar surface area (TPSA) is 75.1 Å². The van der Waals surface area contributed by atoms with Crippen molar-refractivity contribution < 1.29 is 9.90 Å². The van der Waals surface area contributed by atoms with E-state index in [1.807, 2.05) is 6.92 Å². The van der Waals surface area contributed by atoms with E-state index in [1.165, 1.54) is 11.3 Å². The highest BCUT2D eigenvalue weighted by atomic mass is 32.1. The molecule has 2 N–H and O–H groups in total. The van der Waals surface area contributed by atoms with Crippen molar-refractivity contribution >= 4 is 22.4 Å². The third-order valence-electron chi connectivity index (χ3n) is 3.17. The van der Waals surface area contributed by atoms with Crippen molar-refractivity contribution in [2.75, 3.05) is 5.32 Å². The highest BCUT2D eigenvalue weighted by Gasteiger charge is 2.29. The van der Waals surface area contributed by atoms with Gasteiger partial charge in [0.05, 0.1) is 5.92 Å². The van der Waals surface area contributed by atoms with Crippen molar-refractivity contribution in [3.63, 3.8) is 0 Å². The smallest absolute Gasteiger partial charge is 0.308 e. The quantitative estimate of drug-likeness (QED) is 0.810. The van der Waals surface area contributed by atoms with Gasteiger partial charge in [0.15, 0.2) is 0 Å². The van der Waals surface area contributed by atoms with Crippen molar-refractivity contribution in [3.8, 4) is 0 Å². The minimum Gasteiger partial charge on any atom is -0.481 e. The molecule has 1 aliphatic rings. The Morgan fingerprint density at radius 2 is 2.12 bits per heavy atom. The summed E-state index contributed by atoms with van der Waals surface area (Å²) in [7, 11) is 0. The van der Waals surface area contributed by atoms with E-state index in [0.29, 0.717) is 0 Å². The molecule has 6 heteroatoms. The molecule has 1 aliphatic carbocycles. The van der Waals surface area contributed by atoms with Crippen LogP contribution in [-0.2, 0) is 4.79 Å². The molecule has 1 fully saturated rings. The number of carboxylic acids is 1. The number of carbonyl (C=O) groups is 1. The lowest BCUT2D eigenvalue weighted by atomic mass is 9.95. The Morgan fingerprint density at radius 1 is 1.35 bits per heavy atom. The van der Waals surface area contributed by atoms with E-state index in [9.17, 15) is 9.90 Å². The second kappa shape index (κ2) is 5.44. The first-order valence-electron chi connectivity index (χ1n) is 5.96. The first-order chi connectivity index (χ1) is 8.16. The highest BCUT2D eigenvalue weighted by Crippen LogP contribution is 2.27. The summed E-state index contributed by atoms with van der Waals surface area (Å²) >= 11 is 1.48. The van der Waals surface area contributed by atoms with Crippen molar-refractivity contribution in [3.05, 3.63) is 5.01 Å². The van der Waals surface area contributed by atoms with Gasteiger partial charge in [0.2, 0.25) is 5.13 Å². The number of carboxylic acid groups (broad SMARTS) is 1. The predicted molar refractivity (Wildman–Crippen MR) is 66.3 cm³/mol. The molecular weight excluding hydrogens is 238 g/mol.